The number of rotatable bonds is 4. The fourth-order valence-electron chi connectivity index (χ4n) is 2.58. The Morgan fingerprint density at radius 1 is 1.39 bits per heavy atom. The molecule has 0 saturated heterocycles. The smallest absolute Gasteiger partial charge is 0.387 e. The van der Waals surface area contributed by atoms with Crippen LogP contribution in [0.3, 0.4) is 0 Å². The Bertz CT molecular complexity index is 752. The predicted molar refractivity (Wildman–Crippen MR) is 77.7 cm³/mol. The van der Waals surface area contributed by atoms with Crippen molar-refractivity contribution in [3.8, 4) is 5.75 Å². The van der Waals surface area contributed by atoms with Crippen molar-refractivity contribution in [2.24, 2.45) is 10.2 Å². The number of hydrogen-bond donors (Lipinski definition) is 0. The first-order valence-corrected chi connectivity index (χ1v) is 7.00. The van der Waals surface area contributed by atoms with Crippen LogP contribution in [0.4, 0.5) is 14.5 Å². The molecule has 1 aromatic heterocycles. The Morgan fingerprint density at radius 3 is 3.00 bits per heavy atom. The average Bonchev–Trinajstić information content (AvgIpc) is 3.03. The maximum Gasteiger partial charge on any atom is 0.387 e. The fourth-order valence-corrected chi connectivity index (χ4v) is 2.58. The van der Waals surface area contributed by atoms with Gasteiger partial charge >= 0.3 is 6.61 Å². The van der Waals surface area contributed by atoms with E-state index in [1.54, 1.807) is 23.0 Å². The average molecular weight is 317 g/mol. The van der Waals surface area contributed by atoms with Crippen molar-refractivity contribution in [3.05, 3.63) is 53.6 Å². The number of nitrogens with zero attached hydrogens (tertiary/aromatic N) is 5. The van der Waals surface area contributed by atoms with E-state index >= 15 is 0 Å². The number of alkyl halides is 2. The third kappa shape index (κ3) is 3.34. The molecule has 2 aromatic rings. The first kappa shape index (κ1) is 15.1. The zero-order valence-electron chi connectivity index (χ0n) is 12.0. The van der Waals surface area contributed by atoms with Gasteiger partial charge in [0, 0.05) is 6.20 Å². The Balaban J connectivity index is 1.91. The van der Waals surface area contributed by atoms with E-state index in [1.165, 1.54) is 18.3 Å². The lowest BCUT2D eigenvalue weighted by Gasteiger charge is -2.27. The maximum absolute atomic E-state index is 12.4. The molecule has 118 valence electrons. The molecule has 0 aliphatic carbocycles. The predicted octanol–water partition coefficient (Wildman–Crippen LogP) is 4.17. The molecule has 0 radical (unpaired) electrons. The molecule has 0 spiro atoms. The summed E-state index contributed by atoms with van der Waals surface area (Å²) in [6.07, 6.45) is 3.85. The number of benzene rings is 1. The third-order valence-corrected chi connectivity index (χ3v) is 3.58. The maximum atomic E-state index is 12.4. The lowest BCUT2D eigenvalue weighted by molar-refractivity contribution is -0.0499. The summed E-state index contributed by atoms with van der Waals surface area (Å²) in [6.45, 7) is 4.70. The van der Waals surface area contributed by atoms with E-state index < -0.39 is 6.61 Å². The first-order valence-electron chi connectivity index (χ1n) is 7.00. The highest BCUT2D eigenvalue weighted by atomic mass is 19.3. The van der Waals surface area contributed by atoms with Crippen molar-refractivity contribution in [1.29, 1.82) is 0 Å². The van der Waals surface area contributed by atoms with Gasteiger partial charge in [0.2, 0.25) is 5.69 Å². The topological polar surface area (TPSA) is 56.1 Å². The Hall–Kier alpha value is -2.82. The largest absolute Gasteiger partial charge is 0.435 e. The van der Waals surface area contributed by atoms with Gasteiger partial charge in [-0.25, -0.2) is 4.85 Å². The second-order valence-electron chi connectivity index (χ2n) is 5.02. The van der Waals surface area contributed by atoms with E-state index in [9.17, 15) is 8.78 Å². The van der Waals surface area contributed by atoms with Crippen LogP contribution in [0.2, 0.25) is 0 Å². The first-order chi connectivity index (χ1) is 11.2. The number of aromatic nitrogens is 2. The summed E-state index contributed by atoms with van der Waals surface area (Å²) in [6, 6.07) is 5.96. The van der Waals surface area contributed by atoms with E-state index in [-0.39, 0.29) is 17.8 Å². The second-order valence-corrected chi connectivity index (χ2v) is 5.02. The van der Waals surface area contributed by atoms with Crippen molar-refractivity contribution in [2.45, 2.75) is 25.1 Å². The standard InChI is InChI=1S/C15H13F2N5O/c1-18-11-8-20-22(9-11)13-5-6-19-21-14(13)10-3-2-4-12(7-10)23-15(16)17/h2-4,7-9,13-15H,5-6H2. The highest BCUT2D eigenvalue weighted by Gasteiger charge is 2.28. The van der Waals surface area contributed by atoms with Gasteiger partial charge in [-0.3, -0.25) is 4.68 Å². The molecule has 0 bridgehead atoms. The van der Waals surface area contributed by atoms with Crippen LogP contribution in [0, 0.1) is 6.57 Å². The summed E-state index contributed by atoms with van der Waals surface area (Å²) in [4.78, 5) is 3.34. The van der Waals surface area contributed by atoms with E-state index in [1.807, 2.05) is 0 Å². The molecule has 0 amide bonds. The van der Waals surface area contributed by atoms with Crippen molar-refractivity contribution in [1.82, 2.24) is 9.78 Å². The van der Waals surface area contributed by atoms with E-state index in [4.69, 9.17) is 6.57 Å². The van der Waals surface area contributed by atoms with Crippen LogP contribution in [0.5, 0.6) is 5.75 Å². The second kappa shape index (κ2) is 6.52. The highest BCUT2D eigenvalue weighted by Crippen LogP contribution is 2.37. The van der Waals surface area contributed by atoms with Crippen molar-refractivity contribution in [2.75, 3.05) is 6.54 Å². The molecule has 23 heavy (non-hydrogen) atoms. The Labute approximate surface area is 131 Å². The van der Waals surface area contributed by atoms with E-state index in [0.717, 1.165) is 5.56 Å². The minimum Gasteiger partial charge on any atom is -0.435 e. The molecule has 6 nitrogen and oxygen atoms in total. The lowest BCUT2D eigenvalue weighted by atomic mass is 9.96. The van der Waals surface area contributed by atoms with Crippen LogP contribution < -0.4 is 4.74 Å². The molecule has 1 aromatic carbocycles. The molecule has 0 N–H and O–H groups in total. The van der Waals surface area contributed by atoms with Gasteiger partial charge in [0.15, 0.2) is 0 Å². The minimum absolute atomic E-state index is 0.0827. The summed E-state index contributed by atoms with van der Waals surface area (Å²) in [7, 11) is 0. The molecule has 1 aliphatic heterocycles. The minimum atomic E-state index is -2.87. The lowest BCUT2D eigenvalue weighted by Crippen LogP contribution is -2.21. The zero-order chi connectivity index (χ0) is 16.2. The molecular formula is C15H13F2N5O. The SMILES string of the molecule is [C-]#[N+]c1cnn(C2CCN=NC2c2cccc(OC(F)F)c2)c1. The number of azo groups is 1. The van der Waals surface area contributed by atoms with Crippen LogP contribution in [-0.4, -0.2) is 22.9 Å². The molecule has 2 unspecified atom stereocenters. The van der Waals surface area contributed by atoms with Gasteiger partial charge < -0.3 is 4.74 Å². The Morgan fingerprint density at radius 2 is 2.26 bits per heavy atom. The molecule has 3 rings (SSSR count). The number of hydrogen-bond acceptors (Lipinski definition) is 4. The molecular weight excluding hydrogens is 304 g/mol. The monoisotopic (exact) mass is 317 g/mol. The fraction of sp³-hybridized carbons (Fsp3) is 0.333. The van der Waals surface area contributed by atoms with Crippen molar-refractivity contribution < 1.29 is 13.5 Å². The van der Waals surface area contributed by atoms with Crippen molar-refractivity contribution in [3.63, 3.8) is 0 Å². The van der Waals surface area contributed by atoms with Gasteiger partial charge in [0.25, 0.3) is 0 Å². The summed E-state index contributed by atoms with van der Waals surface area (Å²) < 4.78 is 30.9. The number of halogens is 2. The summed E-state index contributed by atoms with van der Waals surface area (Å²) in [5.74, 6) is 0.0827. The molecule has 2 atom stereocenters. The van der Waals surface area contributed by atoms with Gasteiger partial charge in [-0.15, -0.1) is 0 Å². The van der Waals surface area contributed by atoms with Crippen LogP contribution in [-0.2, 0) is 0 Å². The normalized spacial score (nSPS) is 20.4. The van der Waals surface area contributed by atoms with E-state index in [2.05, 4.69) is 24.9 Å². The van der Waals surface area contributed by atoms with Gasteiger partial charge in [0.1, 0.15) is 11.8 Å². The zero-order valence-corrected chi connectivity index (χ0v) is 12.0. The Kier molecular flexibility index (Phi) is 4.28. The van der Waals surface area contributed by atoms with E-state index in [0.29, 0.717) is 18.7 Å². The molecule has 1 aliphatic rings. The van der Waals surface area contributed by atoms with Gasteiger partial charge in [-0.1, -0.05) is 12.1 Å². The number of ether oxygens (including phenoxy) is 1. The van der Waals surface area contributed by atoms with Crippen molar-refractivity contribution >= 4 is 5.69 Å². The van der Waals surface area contributed by atoms with Crippen LogP contribution in [0.25, 0.3) is 4.85 Å². The quantitative estimate of drug-likeness (QED) is 0.795. The van der Waals surface area contributed by atoms with Gasteiger partial charge in [-0.2, -0.15) is 24.1 Å². The van der Waals surface area contributed by atoms with Crippen LogP contribution in [0.1, 0.15) is 24.1 Å². The summed E-state index contributed by atoms with van der Waals surface area (Å²) in [5.41, 5.74) is 1.16. The summed E-state index contributed by atoms with van der Waals surface area (Å²) in [5, 5.41) is 12.5. The van der Waals surface area contributed by atoms with Crippen LogP contribution >= 0.6 is 0 Å². The molecule has 8 heteroatoms. The molecule has 0 saturated carbocycles. The van der Waals surface area contributed by atoms with Gasteiger partial charge in [0.05, 0.1) is 25.4 Å². The van der Waals surface area contributed by atoms with Crippen LogP contribution in [0.15, 0.2) is 46.9 Å². The molecule has 2 heterocycles. The highest BCUT2D eigenvalue weighted by molar-refractivity contribution is 5.39. The summed E-state index contributed by atoms with van der Waals surface area (Å²) >= 11 is 0. The van der Waals surface area contributed by atoms with Gasteiger partial charge in [-0.05, 0) is 24.1 Å². The molecule has 0 fully saturated rings. The third-order valence-electron chi connectivity index (χ3n) is 3.58.